The number of esters is 1. The van der Waals surface area contributed by atoms with E-state index in [0.29, 0.717) is 24.3 Å². The van der Waals surface area contributed by atoms with Crippen molar-refractivity contribution in [1.29, 1.82) is 0 Å². The van der Waals surface area contributed by atoms with Gasteiger partial charge >= 0.3 is 5.97 Å². The topological polar surface area (TPSA) is 73.6 Å². The van der Waals surface area contributed by atoms with Gasteiger partial charge in [0.15, 0.2) is 0 Å². The highest BCUT2D eigenvalue weighted by Gasteiger charge is 2.15. The molecular weight excluding hydrogens is 392 g/mol. The summed E-state index contributed by atoms with van der Waals surface area (Å²) in [5.74, 6) is 1.07. The van der Waals surface area contributed by atoms with Crippen LogP contribution in [0, 0.1) is 0 Å². The summed E-state index contributed by atoms with van der Waals surface area (Å²) in [6.07, 6.45) is -0.0506. The number of fused-ring (bicyclic) bond motifs is 1. The predicted octanol–water partition coefficient (Wildman–Crippen LogP) is 3.85. The highest BCUT2D eigenvalue weighted by atomic mass is 16.5. The van der Waals surface area contributed by atoms with E-state index in [0.717, 1.165) is 22.4 Å². The van der Waals surface area contributed by atoms with Crippen LogP contribution < -0.4 is 4.74 Å². The Kier molecular flexibility index (Phi) is 6.29. The minimum absolute atomic E-state index is 0.120. The van der Waals surface area contributed by atoms with Crippen molar-refractivity contribution in [3.8, 4) is 5.75 Å². The molecule has 0 saturated heterocycles. The summed E-state index contributed by atoms with van der Waals surface area (Å²) >= 11 is 0. The quantitative estimate of drug-likeness (QED) is 0.442. The fraction of sp³-hybridized carbons (Fsp3) is 0.200. The number of aromatic nitrogens is 2. The van der Waals surface area contributed by atoms with Crippen molar-refractivity contribution in [1.82, 2.24) is 9.55 Å². The minimum atomic E-state index is -0.729. The van der Waals surface area contributed by atoms with Gasteiger partial charge in [-0.05, 0) is 42.0 Å². The maximum Gasteiger partial charge on any atom is 0.337 e. The van der Waals surface area contributed by atoms with Crippen LogP contribution in [0.4, 0.5) is 0 Å². The van der Waals surface area contributed by atoms with Gasteiger partial charge in [0.2, 0.25) is 0 Å². The van der Waals surface area contributed by atoms with Gasteiger partial charge in [-0.15, -0.1) is 0 Å². The highest BCUT2D eigenvalue weighted by molar-refractivity contribution is 5.89. The zero-order valence-corrected chi connectivity index (χ0v) is 17.3. The second-order valence-electron chi connectivity index (χ2n) is 7.27. The van der Waals surface area contributed by atoms with E-state index in [1.54, 1.807) is 24.3 Å². The number of rotatable bonds is 8. The average molecular weight is 416 g/mol. The third-order valence-corrected chi connectivity index (χ3v) is 5.05. The molecule has 6 heteroatoms. The van der Waals surface area contributed by atoms with Gasteiger partial charge in [-0.1, -0.05) is 42.5 Å². The molecule has 0 bridgehead atoms. The monoisotopic (exact) mass is 416 g/mol. The van der Waals surface area contributed by atoms with Crippen molar-refractivity contribution in [2.24, 2.45) is 0 Å². The molecule has 0 fully saturated rings. The summed E-state index contributed by atoms with van der Waals surface area (Å²) in [5, 5.41) is 10.7. The molecule has 0 radical (unpaired) electrons. The molecule has 1 atom stereocenters. The molecule has 1 aromatic heterocycles. The maximum absolute atomic E-state index is 11.5. The Labute approximate surface area is 180 Å². The molecule has 4 rings (SSSR count). The summed E-state index contributed by atoms with van der Waals surface area (Å²) < 4.78 is 12.5. The molecule has 158 valence electrons. The second kappa shape index (κ2) is 9.45. The van der Waals surface area contributed by atoms with Gasteiger partial charge in [0, 0.05) is 6.42 Å². The number of hydrogen-bond acceptors (Lipinski definition) is 5. The van der Waals surface area contributed by atoms with Gasteiger partial charge in [0.05, 0.1) is 30.3 Å². The van der Waals surface area contributed by atoms with E-state index in [2.05, 4.69) is 16.7 Å². The van der Waals surface area contributed by atoms with E-state index in [9.17, 15) is 9.90 Å². The van der Waals surface area contributed by atoms with E-state index in [1.807, 2.05) is 42.5 Å². The van der Waals surface area contributed by atoms with Gasteiger partial charge in [0.1, 0.15) is 24.3 Å². The smallest absolute Gasteiger partial charge is 0.337 e. The number of aliphatic hydroxyl groups excluding tert-OH is 1. The number of carbonyl (C=O) groups excluding carboxylic acids is 1. The van der Waals surface area contributed by atoms with Crippen LogP contribution in [0.15, 0.2) is 78.9 Å². The molecule has 31 heavy (non-hydrogen) atoms. The maximum atomic E-state index is 11.5. The second-order valence-corrected chi connectivity index (χ2v) is 7.27. The van der Waals surface area contributed by atoms with E-state index >= 15 is 0 Å². The first kappa shape index (κ1) is 20.6. The number of carbonyl (C=O) groups is 1. The van der Waals surface area contributed by atoms with Gasteiger partial charge in [0.25, 0.3) is 0 Å². The standard InChI is InChI=1S/C25H24N2O4/c1-30-25(29)19-11-13-21(14-12-19)31-17-20(28)16-27-23-10-6-5-9-22(23)26-24(27)15-18-7-3-2-4-8-18/h2-14,20,28H,15-17H2,1H3/t20-/m0/s1. The molecule has 6 nitrogen and oxygen atoms in total. The van der Waals surface area contributed by atoms with Crippen molar-refractivity contribution < 1.29 is 19.4 Å². The molecule has 0 amide bonds. The van der Waals surface area contributed by atoms with Crippen molar-refractivity contribution in [2.45, 2.75) is 19.1 Å². The van der Waals surface area contributed by atoms with Crippen LogP contribution in [0.5, 0.6) is 5.75 Å². The molecular formula is C25H24N2O4. The SMILES string of the molecule is COC(=O)c1ccc(OC[C@@H](O)Cn2c(Cc3ccccc3)nc3ccccc32)cc1. The van der Waals surface area contributed by atoms with Gasteiger partial charge in [-0.2, -0.15) is 0 Å². The Balaban J connectivity index is 1.47. The van der Waals surface area contributed by atoms with E-state index < -0.39 is 12.1 Å². The van der Waals surface area contributed by atoms with E-state index in [-0.39, 0.29) is 6.61 Å². The van der Waals surface area contributed by atoms with Gasteiger partial charge < -0.3 is 19.1 Å². The molecule has 3 aromatic carbocycles. The van der Waals surface area contributed by atoms with Gasteiger partial charge in [-0.25, -0.2) is 9.78 Å². The Hall–Kier alpha value is -3.64. The molecule has 0 aliphatic heterocycles. The number of para-hydroxylation sites is 2. The Morgan fingerprint density at radius 3 is 2.45 bits per heavy atom. The lowest BCUT2D eigenvalue weighted by atomic mass is 10.1. The molecule has 0 spiro atoms. The Bertz CT molecular complexity index is 1150. The molecule has 0 unspecified atom stereocenters. The first-order valence-electron chi connectivity index (χ1n) is 10.1. The van der Waals surface area contributed by atoms with Crippen LogP contribution in [-0.2, 0) is 17.7 Å². The van der Waals surface area contributed by atoms with Crippen molar-refractivity contribution in [2.75, 3.05) is 13.7 Å². The van der Waals surface area contributed by atoms with Crippen molar-refractivity contribution >= 4 is 17.0 Å². The first-order valence-corrected chi connectivity index (χ1v) is 10.1. The lowest BCUT2D eigenvalue weighted by Crippen LogP contribution is -2.24. The summed E-state index contributed by atoms with van der Waals surface area (Å²) in [7, 11) is 1.34. The van der Waals surface area contributed by atoms with Gasteiger partial charge in [-0.3, -0.25) is 0 Å². The minimum Gasteiger partial charge on any atom is -0.491 e. The largest absolute Gasteiger partial charge is 0.491 e. The predicted molar refractivity (Wildman–Crippen MR) is 118 cm³/mol. The number of imidazole rings is 1. The lowest BCUT2D eigenvalue weighted by molar-refractivity contribution is 0.0600. The first-order chi connectivity index (χ1) is 15.1. The summed E-state index contributed by atoms with van der Waals surface area (Å²) in [6.45, 7) is 0.484. The van der Waals surface area contributed by atoms with Crippen LogP contribution in [-0.4, -0.2) is 40.4 Å². The van der Waals surface area contributed by atoms with Crippen LogP contribution in [0.25, 0.3) is 11.0 Å². The molecule has 4 aromatic rings. The zero-order chi connectivity index (χ0) is 21.6. The summed E-state index contributed by atoms with van der Waals surface area (Å²) in [5.41, 5.74) is 3.50. The molecule has 0 saturated carbocycles. The van der Waals surface area contributed by atoms with Crippen LogP contribution in [0.3, 0.4) is 0 Å². The van der Waals surface area contributed by atoms with E-state index in [4.69, 9.17) is 14.5 Å². The number of methoxy groups -OCH3 is 1. The zero-order valence-electron chi connectivity index (χ0n) is 17.3. The average Bonchev–Trinajstić information content (AvgIpc) is 3.15. The fourth-order valence-corrected chi connectivity index (χ4v) is 3.50. The number of hydrogen-bond donors (Lipinski definition) is 1. The number of nitrogens with zero attached hydrogens (tertiary/aromatic N) is 2. The van der Waals surface area contributed by atoms with Crippen LogP contribution in [0.1, 0.15) is 21.7 Å². The summed E-state index contributed by atoms with van der Waals surface area (Å²) in [4.78, 5) is 16.3. The number of benzene rings is 3. The normalized spacial score (nSPS) is 11.9. The molecule has 0 aliphatic carbocycles. The highest BCUT2D eigenvalue weighted by Crippen LogP contribution is 2.20. The van der Waals surface area contributed by atoms with Crippen molar-refractivity contribution in [3.63, 3.8) is 0 Å². The van der Waals surface area contributed by atoms with Crippen LogP contribution >= 0.6 is 0 Å². The third kappa shape index (κ3) is 4.92. The van der Waals surface area contributed by atoms with E-state index in [1.165, 1.54) is 7.11 Å². The Morgan fingerprint density at radius 1 is 1.00 bits per heavy atom. The molecule has 0 aliphatic rings. The summed E-state index contributed by atoms with van der Waals surface area (Å²) in [6, 6.07) is 24.7. The molecule has 1 heterocycles. The fourth-order valence-electron chi connectivity index (χ4n) is 3.50. The number of ether oxygens (including phenoxy) is 2. The van der Waals surface area contributed by atoms with Crippen molar-refractivity contribution in [3.05, 3.63) is 95.8 Å². The lowest BCUT2D eigenvalue weighted by Gasteiger charge is -2.16. The number of aliphatic hydroxyl groups is 1. The van der Waals surface area contributed by atoms with Crippen LogP contribution in [0.2, 0.25) is 0 Å². The Morgan fingerprint density at radius 2 is 1.71 bits per heavy atom. The molecule has 1 N–H and O–H groups in total. The third-order valence-electron chi connectivity index (χ3n) is 5.05.